The summed E-state index contributed by atoms with van der Waals surface area (Å²) in [5, 5.41) is 16.7. The molecule has 0 amide bonds. The lowest BCUT2D eigenvalue weighted by Gasteiger charge is -2.26. The van der Waals surface area contributed by atoms with Gasteiger partial charge in [-0.05, 0) is 23.8 Å². The van der Waals surface area contributed by atoms with Gasteiger partial charge >= 0.3 is 0 Å². The molecule has 104 valence electrons. The zero-order valence-electron chi connectivity index (χ0n) is 11.3. The molecule has 1 saturated carbocycles. The first kappa shape index (κ1) is 14.0. The van der Waals surface area contributed by atoms with E-state index in [1.807, 2.05) is 18.2 Å². The first-order valence-corrected chi connectivity index (χ1v) is 6.84. The molecule has 1 aliphatic carbocycles. The van der Waals surface area contributed by atoms with E-state index in [2.05, 4.69) is 17.0 Å². The highest BCUT2D eigenvalue weighted by molar-refractivity contribution is 5.78. The Morgan fingerprint density at radius 3 is 2.53 bits per heavy atom. The molecule has 4 nitrogen and oxygen atoms in total. The van der Waals surface area contributed by atoms with Gasteiger partial charge in [-0.25, -0.2) is 0 Å². The summed E-state index contributed by atoms with van der Waals surface area (Å²) in [7, 11) is 0. The molecule has 1 aliphatic rings. The van der Waals surface area contributed by atoms with E-state index in [-0.39, 0.29) is 17.9 Å². The SMILES string of the molecule is N=C(N)CC1(CN(CCO)Cc2ccccc2)CC1. The van der Waals surface area contributed by atoms with Gasteiger partial charge in [0, 0.05) is 26.1 Å². The summed E-state index contributed by atoms with van der Waals surface area (Å²) >= 11 is 0. The van der Waals surface area contributed by atoms with Crippen LogP contribution in [-0.2, 0) is 6.54 Å². The van der Waals surface area contributed by atoms with Crippen LogP contribution in [0.1, 0.15) is 24.8 Å². The van der Waals surface area contributed by atoms with E-state index in [1.54, 1.807) is 0 Å². The second kappa shape index (κ2) is 6.17. The summed E-state index contributed by atoms with van der Waals surface area (Å²) in [5.41, 5.74) is 6.99. The predicted molar refractivity (Wildman–Crippen MR) is 77.0 cm³/mol. The lowest BCUT2D eigenvalue weighted by atomic mass is 10.0. The summed E-state index contributed by atoms with van der Waals surface area (Å²) in [6.07, 6.45) is 2.97. The van der Waals surface area contributed by atoms with E-state index in [9.17, 15) is 5.11 Å². The van der Waals surface area contributed by atoms with Crippen molar-refractivity contribution in [2.75, 3.05) is 19.7 Å². The van der Waals surface area contributed by atoms with E-state index in [0.29, 0.717) is 13.0 Å². The van der Waals surface area contributed by atoms with Crippen molar-refractivity contribution in [2.45, 2.75) is 25.8 Å². The second-order valence-electron chi connectivity index (χ2n) is 5.62. The molecule has 1 fully saturated rings. The van der Waals surface area contributed by atoms with Crippen LogP contribution in [0.15, 0.2) is 30.3 Å². The quantitative estimate of drug-likeness (QED) is 0.491. The van der Waals surface area contributed by atoms with Crippen molar-refractivity contribution in [1.29, 1.82) is 5.41 Å². The number of benzene rings is 1. The third-order valence-corrected chi connectivity index (χ3v) is 3.75. The number of nitrogens with zero attached hydrogens (tertiary/aromatic N) is 1. The van der Waals surface area contributed by atoms with Crippen LogP contribution in [0.2, 0.25) is 0 Å². The molecule has 0 atom stereocenters. The topological polar surface area (TPSA) is 73.3 Å². The van der Waals surface area contributed by atoms with Crippen molar-refractivity contribution < 1.29 is 5.11 Å². The van der Waals surface area contributed by atoms with Crippen LogP contribution in [0, 0.1) is 10.8 Å². The second-order valence-corrected chi connectivity index (χ2v) is 5.62. The number of hydrogen-bond acceptors (Lipinski definition) is 3. The first-order chi connectivity index (χ1) is 9.13. The van der Waals surface area contributed by atoms with Crippen LogP contribution in [0.25, 0.3) is 0 Å². The van der Waals surface area contributed by atoms with E-state index in [0.717, 1.165) is 25.9 Å². The maximum Gasteiger partial charge on any atom is 0.0911 e. The maximum atomic E-state index is 9.21. The monoisotopic (exact) mass is 261 g/mol. The fourth-order valence-electron chi connectivity index (χ4n) is 2.64. The molecule has 4 N–H and O–H groups in total. The Hall–Kier alpha value is -1.39. The Bertz CT molecular complexity index is 415. The molecule has 0 spiro atoms. The molecular formula is C15H23N3O. The normalized spacial score (nSPS) is 16.5. The molecule has 0 radical (unpaired) electrons. The van der Waals surface area contributed by atoms with Crippen molar-refractivity contribution >= 4 is 5.84 Å². The highest BCUT2D eigenvalue weighted by atomic mass is 16.3. The first-order valence-electron chi connectivity index (χ1n) is 6.84. The van der Waals surface area contributed by atoms with Gasteiger partial charge in [-0.3, -0.25) is 10.3 Å². The van der Waals surface area contributed by atoms with E-state index in [4.69, 9.17) is 11.1 Å². The predicted octanol–water partition coefficient (Wildman–Crippen LogP) is 1.59. The maximum absolute atomic E-state index is 9.21. The summed E-state index contributed by atoms with van der Waals surface area (Å²) in [4.78, 5) is 2.27. The van der Waals surface area contributed by atoms with Gasteiger partial charge in [-0.2, -0.15) is 0 Å². The number of nitrogens with two attached hydrogens (primary N) is 1. The molecule has 1 aromatic rings. The standard InChI is InChI=1S/C15H23N3O/c16-14(17)10-15(6-7-15)12-18(8-9-19)11-13-4-2-1-3-5-13/h1-5,19H,6-12H2,(H3,16,17). The van der Waals surface area contributed by atoms with Crippen LogP contribution in [0.3, 0.4) is 0 Å². The van der Waals surface area contributed by atoms with Crippen LogP contribution in [0.5, 0.6) is 0 Å². The van der Waals surface area contributed by atoms with E-state index >= 15 is 0 Å². The molecule has 0 aromatic heterocycles. The van der Waals surface area contributed by atoms with Gasteiger partial charge in [-0.1, -0.05) is 30.3 Å². The van der Waals surface area contributed by atoms with Gasteiger partial charge in [0.25, 0.3) is 0 Å². The molecule has 0 saturated heterocycles. The number of amidine groups is 1. The van der Waals surface area contributed by atoms with E-state index < -0.39 is 0 Å². The third kappa shape index (κ3) is 4.33. The third-order valence-electron chi connectivity index (χ3n) is 3.75. The van der Waals surface area contributed by atoms with Crippen molar-refractivity contribution in [1.82, 2.24) is 4.90 Å². The summed E-state index contributed by atoms with van der Waals surface area (Å²) in [6.45, 7) is 2.61. The van der Waals surface area contributed by atoms with Crippen molar-refractivity contribution in [3.63, 3.8) is 0 Å². The minimum Gasteiger partial charge on any atom is -0.395 e. The zero-order chi connectivity index (χ0) is 13.7. The molecule has 0 bridgehead atoms. The lowest BCUT2D eigenvalue weighted by Crippen LogP contribution is -2.34. The number of rotatable bonds is 8. The number of aliphatic hydroxyl groups excluding tert-OH is 1. The Balaban J connectivity index is 1.95. The van der Waals surface area contributed by atoms with Crippen LogP contribution in [-0.4, -0.2) is 35.5 Å². The van der Waals surface area contributed by atoms with Crippen molar-refractivity contribution in [3.05, 3.63) is 35.9 Å². The minimum absolute atomic E-state index is 0.170. The fourth-order valence-corrected chi connectivity index (χ4v) is 2.64. The van der Waals surface area contributed by atoms with Gasteiger partial charge in [0.2, 0.25) is 0 Å². The fraction of sp³-hybridized carbons (Fsp3) is 0.533. The minimum atomic E-state index is 0.170. The molecular weight excluding hydrogens is 238 g/mol. The van der Waals surface area contributed by atoms with Crippen LogP contribution >= 0.6 is 0 Å². The Kier molecular flexibility index (Phi) is 4.56. The Morgan fingerprint density at radius 1 is 1.32 bits per heavy atom. The van der Waals surface area contributed by atoms with Crippen LogP contribution < -0.4 is 5.73 Å². The average Bonchev–Trinajstić information content (AvgIpc) is 3.09. The molecule has 0 heterocycles. The van der Waals surface area contributed by atoms with E-state index in [1.165, 1.54) is 5.56 Å². The molecule has 4 heteroatoms. The summed E-state index contributed by atoms with van der Waals surface area (Å²) in [5.74, 6) is 0.279. The molecule has 2 rings (SSSR count). The summed E-state index contributed by atoms with van der Waals surface area (Å²) < 4.78 is 0. The summed E-state index contributed by atoms with van der Waals surface area (Å²) in [6, 6.07) is 10.3. The van der Waals surface area contributed by atoms with Gasteiger partial charge in [-0.15, -0.1) is 0 Å². The Labute approximate surface area is 114 Å². The highest BCUT2D eigenvalue weighted by Crippen LogP contribution is 2.49. The Morgan fingerprint density at radius 2 is 2.00 bits per heavy atom. The average molecular weight is 261 g/mol. The largest absolute Gasteiger partial charge is 0.395 e. The lowest BCUT2D eigenvalue weighted by molar-refractivity contribution is 0.164. The highest BCUT2D eigenvalue weighted by Gasteiger charge is 2.44. The van der Waals surface area contributed by atoms with Gasteiger partial charge in [0.1, 0.15) is 0 Å². The van der Waals surface area contributed by atoms with Gasteiger partial charge < -0.3 is 10.8 Å². The van der Waals surface area contributed by atoms with Crippen LogP contribution in [0.4, 0.5) is 0 Å². The smallest absolute Gasteiger partial charge is 0.0911 e. The van der Waals surface area contributed by atoms with Crippen molar-refractivity contribution in [2.24, 2.45) is 11.1 Å². The molecule has 0 aliphatic heterocycles. The molecule has 19 heavy (non-hydrogen) atoms. The van der Waals surface area contributed by atoms with Gasteiger partial charge in [0.15, 0.2) is 0 Å². The van der Waals surface area contributed by atoms with Gasteiger partial charge in [0.05, 0.1) is 12.4 Å². The van der Waals surface area contributed by atoms with Crippen molar-refractivity contribution in [3.8, 4) is 0 Å². The number of hydrogen-bond donors (Lipinski definition) is 3. The zero-order valence-corrected chi connectivity index (χ0v) is 11.3. The number of aliphatic hydroxyl groups is 1. The molecule has 1 aromatic carbocycles. The molecule has 0 unspecified atom stereocenters. The number of nitrogens with one attached hydrogen (secondary N) is 1.